The molecule has 2 N–H and O–H groups in total. The van der Waals surface area contributed by atoms with Crippen molar-refractivity contribution >= 4 is 57.6 Å². The van der Waals surface area contributed by atoms with Gasteiger partial charge in [-0.2, -0.15) is 5.10 Å². The largest absolute Gasteiger partial charge is 0.332 e. The Bertz CT molecular complexity index is 1100. The fourth-order valence-electron chi connectivity index (χ4n) is 2.82. The first-order valence-corrected chi connectivity index (χ1v) is 9.71. The molecule has 0 aliphatic heterocycles. The second kappa shape index (κ2) is 8.77. The summed E-state index contributed by atoms with van der Waals surface area (Å²) in [6, 6.07) is 11.6. The first-order chi connectivity index (χ1) is 13.7. The molecular formula is C19H17Cl2N5O2S. The van der Waals surface area contributed by atoms with Crippen LogP contribution in [0.5, 0.6) is 0 Å². The molecule has 0 unspecified atom stereocenters. The van der Waals surface area contributed by atoms with Crippen LogP contribution in [-0.2, 0) is 6.54 Å². The number of thiocarbonyl (C=S) groups is 1. The van der Waals surface area contributed by atoms with Gasteiger partial charge in [0.1, 0.15) is 0 Å². The van der Waals surface area contributed by atoms with Gasteiger partial charge in [0.2, 0.25) is 0 Å². The topological polar surface area (TPSA) is 85.0 Å². The summed E-state index contributed by atoms with van der Waals surface area (Å²) in [6.45, 7) is 4.32. The van der Waals surface area contributed by atoms with Crippen molar-refractivity contribution in [3.8, 4) is 0 Å². The number of aryl methyl sites for hydroxylation is 1. The van der Waals surface area contributed by atoms with E-state index in [2.05, 4.69) is 15.7 Å². The van der Waals surface area contributed by atoms with Crippen LogP contribution in [0.2, 0.25) is 10.0 Å². The van der Waals surface area contributed by atoms with Crippen LogP contribution in [0.25, 0.3) is 0 Å². The van der Waals surface area contributed by atoms with E-state index >= 15 is 0 Å². The van der Waals surface area contributed by atoms with Crippen molar-refractivity contribution in [2.75, 3.05) is 10.6 Å². The Morgan fingerprint density at radius 1 is 1.17 bits per heavy atom. The zero-order valence-electron chi connectivity index (χ0n) is 15.6. The summed E-state index contributed by atoms with van der Waals surface area (Å²) in [6.07, 6.45) is 0. The van der Waals surface area contributed by atoms with Gasteiger partial charge in [0.05, 0.1) is 38.6 Å². The highest BCUT2D eigenvalue weighted by molar-refractivity contribution is 7.80. The molecule has 0 fully saturated rings. The fourth-order valence-corrected chi connectivity index (χ4v) is 3.36. The first kappa shape index (κ1) is 21.0. The maximum atomic E-state index is 10.9. The molecule has 0 atom stereocenters. The van der Waals surface area contributed by atoms with Gasteiger partial charge >= 0.3 is 0 Å². The summed E-state index contributed by atoms with van der Waals surface area (Å²) in [4.78, 5) is 10.5. The highest BCUT2D eigenvalue weighted by Gasteiger charge is 2.14. The number of anilines is 2. The molecule has 1 heterocycles. The number of aromatic nitrogens is 2. The summed E-state index contributed by atoms with van der Waals surface area (Å²) < 4.78 is 1.84. The summed E-state index contributed by atoms with van der Waals surface area (Å²) in [7, 11) is 0. The van der Waals surface area contributed by atoms with E-state index in [1.165, 1.54) is 12.1 Å². The molecule has 7 nitrogen and oxygen atoms in total. The Kier molecular flexibility index (Phi) is 6.36. The SMILES string of the molecule is Cc1nn(Cc2ccc(Cl)c(Cl)c2)c(C)c1NC(=S)Nc1cccc([N+](=O)[O-])c1. The average Bonchev–Trinajstić information content (AvgIpc) is 2.92. The van der Waals surface area contributed by atoms with Crippen molar-refractivity contribution < 1.29 is 4.92 Å². The third-order valence-corrected chi connectivity index (χ3v) is 5.19. The van der Waals surface area contributed by atoms with Crippen LogP contribution < -0.4 is 10.6 Å². The molecule has 0 saturated heterocycles. The lowest BCUT2D eigenvalue weighted by atomic mass is 10.2. The number of nitro groups is 1. The Morgan fingerprint density at radius 3 is 2.62 bits per heavy atom. The lowest BCUT2D eigenvalue weighted by molar-refractivity contribution is -0.384. The number of benzene rings is 2. The summed E-state index contributed by atoms with van der Waals surface area (Å²) in [5.74, 6) is 0. The normalized spacial score (nSPS) is 10.6. The lowest BCUT2D eigenvalue weighted by Crippen LogP contribution is -2.20. The van der Waals surface area contributed by atoms with Crippen LogP contribution >= 0.6 is 35.4 Å². The van der Waals surface area contributed by atoms with Crippen molar-refractivity contribution in [1.82, 2.24) is 9.78 Å². The van der Waals surface area contributed by atoms with Gasteiger partial charge in [-0.25, -0.2) is 0 Å². The second-order valence-corrected chi connectivity index (χ2v) is 7.56. The maximum absolute atomic E-state index is 10.9. The van der Waals surface area contributed by atoms with Crippen molar-refractivity contribution in [2.45, 2.75) is 20.4 Å². The van der Waals surface area contributed by atoms with E-state index in [4.69, 9.17) is 35.4 Å². The van der Waals surface area contributed by atoms with E-state index in [-0.39, 0.29) is 5.69 Å². The highest BCUT2D eigenvalue weighted by atomic mass is 35.5. The van der Waals surface area contributed by atoms with E-state index in [1.807, 2.05) is 30.7 Å². The molecule has 1 aromatic heterocycles. The van der Waals surface area contributed by atoms with Crippen LogP contribution in [0.4, 0.5) is 17.1 Å². The van der Waals surface area contributed by atoms with Crippen molar-refractivity contribution in [3.63, 3.8) is 0 Å². The number of hydrogen-bond donors (Lipinski definition) is 2. The maximum Gasteiger partial charge on any atom is 0.271 e. The number of halogens is 2. The van der Waals surface area contributed by atoms with Crippen molar-refractivity contribution in [1.29, 1.82) is 0 Å². The Balaban J connectivity index is 1.74. The predicted molar refractivity (Wildman–Crippen MR) is 120 cm³/mol. The smallest absolute Gasteiger partial charge is 0.271 e. The molecule has 0 spiro atoms. The molecule has 0 bridgehead atoms. The summed E-state index contributed by atoms with van der Waals surface area (Å²) in [5.41, 5.74) is 3.90. The van der Waals surface area contributed by atoms with Crippen LogP contribution in [0.3, 0.4) is 0 Å². The van der Waals surface area contributed by atoms with Crippen molar-refractivity contribution in [3.05, 3.63) is 79.6 Å². The number of nitrogens with zero attached hydrogens (tertiary/aromatic N) is 3. The van der Waals surface area contributed by atoms with Gasteiger partial charge in [-0.15, -0.1) is 0 Å². The minimum Gasteiger partial charge on any atom is -0.332 e. The van der Waals surface area contributed by atoms with Crippen molar-refractivity contribution in [2.24, 2.45) is 0 Å². The van der Waals surface area contributed by atoms with Crippen LogP contribution in [-0.4, -0.2) is 19.8 Å². The zero-order valence-corrected chi connectivity index (χ0v) is 17.9. The molecule has 10 heteroatoms. The van der Waals surface area contributed by atoms with Gasteiger partial charge in [-0.1, -0.05) is 35.3 Å². The Morgan fingerprint density at radius 2 is 1.93 bits per heavy atom. The molecule has 0 aliphatic rings. The fraction of sp³-hybridized carbons (Fsp3) is 0.158. The molecule has 29 heavy (non-hydrogen) atoms. The monoisotopic (exact) mass is 449 g/mol. The summed E-state index contributed by atoms with van der Waals surface area (Å²) >= 11 is 17.4. The van der Waals surface area contributed by atoms with Crippen LogP contribution in [0.15, 0.2) is 42.5 Å². The van der Waals surface area contributed by atoms with Gasteiger partial charge < -0.3 is 10.6 Å². The summed E-state index contributed by atoms with van der Waals surface area (Å²) in [5, 5.41) is 22.9. The van der Waals surface area contributed by atoms with E-state index in [1.54, 1.807) is 18.2 Å². The van der Waals surface area contributed by atoms with Crippen LogP contribution in [0, 0.1) is 24.0 Å². The van der Waals surface area contributed by atoms with E-state index in [0.717, 1.165) is 22.6 Å². The Hall–Kier alpha value is -2.68. The van der Waals surface area contributed by atoms with Gasteiger partial charge in [-0.3, -0.25) is 14.8 Å². The molecule has 150 valence electrons. The molecule has 0 saturated carbocycles. The highest BCUT2D eigenvalue weighted by Crippen LogP contribution is 2.25. The van der Waals surface area contributed by atoms with Crippen LogP contribution in [0.1, 0.15) is 17.0 Å². The zero-order chi connectivity index (χ0) is 21.1. The second-order valence-electron chi connectivity index (χ2n) is 6.34. The van der Waals surface area contributed by atoms with Gasteiger partial charge in [0.25, 0.3) is 5.69 Å². The van der Waals surface area contributed by atoms with Gasteiger partial charge in [0, 0.05) is 17.8 Å². The number of rotatable bonds is 5. The van der Waals surface area contributed by atoms with E-state index in [0.29, 0.717) is 27.4 Å². The van der Waals surface area contributed by atoms with Gasteiger partial charge in [0.15, 0.2) is 5.11 Å². The lowest BCUT2D eigenvalue weighted by Gasteiger charge is -2.11. The molecule has 0 amide bonds. The standard InChI is InChI=1S/C19H17Cl2N5O2S/c1-11-18(23-19(29)22-14-4-3-5-15(9-14)26(27)28)12(2)25(24-11)10-13-6-7-16(20)17(21)8-13/h3-9H,10H2,1-2H3,(H2,22,23,29). The number of nitrogens with one attached hydrogen (secondary N) is 2. The molecular weight excluding hydrogens is 433 g/mol. The predicted octanol–water partition coefficient (Wildman–Crippen LogP) is 5.57. The number of nitro benzene ring substituents is 1. The Labute approximate surface area is 182 Å². The molecule has 0 aliphatic carbocycles. The number of hydrogen-bond acceptors (Lipinski definition) is 4. The quantitative estimate of drug-likeness (QED) is 0.300. The average molecular weight is 450 g/mol. The molecule has 3 rings (SSSR count). The minimum absolute atomic E-state index is 0.0143. The number of non-ortho nitro benzene ring substituents is 1. The van der Waals surface area contributed by atoms with Gasteiger partial charge in [-0.05, 0) is 49.8 Å². The molecule has 3 aromatic rings. The van der Waals surface area contributed by atoms with E-state index < -0.39 is 4.92 Å². The van der Waals surface area contributed by atoms with E-state index in [9.17, 15) is 10.1 Å². The third-order valence-electron chi connectivity index (χ3n) is 4.25. The molecule has 2 aromatic carbocycles. The first-order valence-electron chi connectivity index (χ1n) is 8.55. The minimum atomic E-state index is -0.455. The third kappa shape index (κ3) is 5.03. The molecule has 0 radical (unpaired) electrons.